The van der Waals surface area contributed by atoms with Gasteiger partial charge in [-0.1, -0.05) is 18.2 Å². The number of nitrogens with zero attached hydrogens (tertiary/aromatic N) is 1. The SMILES string of the molecule is CS(=O)c1ccc(C(=O)N2CCCc3ccccc32)cc1. The maximum Gasteiger partial charge on any atom is 0.258 e. The van der Waals surface area contributed by atoms with Crippen molar-refractivity contribution in [1.29, 1.82) is 0 Å². The van der Waals surface area contributed by atoms with Crippen LogP contribution in [0, 0.1) is 0 Å². The number of para-hydroxylation sites is 1. The zero-order valence-corrected chi connectivity index (χ0v) is 12.7. The van der Waals surface area contributed by atoms with Crippen LogP contribution in [-0.2, 0) is 17.2 Å². The van der Waals surface area contributed by atoms with E-state index in [9.17, 15) is 9.00 Å². The van der Waals surface area contributed by atoms with Crippen molar-refractivity contribution in [2.75, 3.05) is 17.7 Å². The Morgan fingerprint density at radius 3 is 2.52 bits per heavy atom. The first-order valence-corrected chi connectivity index (χ1v) is 8.56. The molecular weight excluding hydrogens is 282 g/mol. The Morgan fingerprint density at radius 1 is 1.10 bits per heavy atom. The second-order valence-corrected chi connectivity index (χ2v) is 6.55. The highest BCUT2D eigenvalue weighted by atomic mass is 32.2. The number of fused-ring (bicyclic) bond motifs is 1. The number of benzene rings is 2. The number of hydrogen-bond donors (Lipinski definition) is 0. The molecule has 0 bridgehead atoms. The third kappa shape index (κ3) is 2.76. The van der Waals surface area contributed by atoms with Gasteiger partial charge in [0.1, 0.15) is 0 Å². The molecule has 0 saturated heterocycles. The average Bonchev–Trinajstić information content (AvgIpc) is 2.53. The molecule has 0 aromatic heterocycles. The van der Waals surface area contributed by atoms with Crippen LogP contribution in [0.25, 0.3) is 0 Å². The molecule has 0 saturated carbocycles. The summed E-state index contributed by atoms with van der Waals surface area (Å²) in [5.41, 5.74) is 2.88. The lowest BCUT2D eigenvalue weighted by Crippen LogP contribution is -2.35. The quantitative estimate of drug-likeness (QED) is 0.855. The van der Waals surface area contributed by atoms with Gasteiger partial charge in [-0.3, -0.25) is 9.00 Å². The first-order valence-electron chi connectivity index (χ1n) is 7.00. The zero-order valence-electron chi connectivity index (χ0n) is 11.9. The molecule has 4 heteroatoms. The van der Waals surface area contributed by atoms with E-state index in [1.165, 1.54) is 5.56 Å². The van der Waals surface area contributed by atoms with E-state index in [0.29, 0.717) is 5.56 Å². The third-order valence-electron chi connectivity index (χ3n) is 3.79. The van der Waals surface area contributed by atoms with Crippen LogP contribution in [0.1, 0.15) is 22.3 Å². The smallest absolute Gasteiger partial charge is 0.258 e. The molecular formula is C17H17NO2S. The third-order valence-corrected chi connectivity index (χ3v) is 4.72. The van der Waals surface area contributed by atoms with Gasteiger partial charge in [0.15, 0.2) is 0 Å². The molecule has 0 N–H and O–H groups in total. The number of anilines is 1. The first-order chi connectivity index (χ1) is 10.2. The fourth-order valence-corrected chi connectivity index (χ4v) is 3.21. The fourth-order valence-electron chi connectivity index (χ4n) is 2.69. The zero-order chi connectivity index (χ0) is 14.8. The predicted molar refractivity (Wildman–Crippen MR) is 85.2 cm³/mol. The van der Waals surface area contributed by atoms with E-state index in [0.717, 1.165) is 30.0 Å². The van der Waals surface area contributed by atoms with Crippen LogP contribution in [0.3, 0.4) is 0 Å². The Kier molecular flexibility index (Phi) is 3.88. The summed E-state index contributed by atoms with van der Waals surface area (Å²) in [6.45, 7) is 0.747. The summed E-state index contributed by atoms with van der Waals surface area (Å²) >= 11 is 0. The molecule has 1 aliphatic heterocycles. The second kappa shape index (κ2) is 5.82. The van der Waals surface area contributed by atoms with Crippen molar-refractivity contribution in [3.05, 3.63) is 59.7 Å². The van der Waals surface area contributed by atoms with E-state index < -0.39 is 10.8 Å². The van der Waals surface area contributed by atoms with Crippen LogP contribution in [0.2, 0.25) is 0 Å². The molecule has 2 aromatic rings. The molecule has 3 nitrogen and oxygen atoms in total. The lowest BCUT2D eigenvalue weighted by Gasteiger charge is -2.29. The van der Waals surface area contributed by atoms with Crippen LogP contribution in [0.5, 0.6) is 0 Å². The van der Waals surface area contributed by atoms with E-state index in [4.69, 9.17) is 0 Å². The molecule has 1 aliphatic rings. The van der Waals surface area contributed by atoms with Crippen LogP contribution >= 0.6 is 0 Å². The summed E-state index contributed by atoms with van der Waals surface area (Å²) in [7, 11) is -1.02. The van der Waals surface area contributed by atoms with Crippen molar-refractivity contribution in [3.8, 4) is 0 Å². The number of aryl methyl sites for hydroxylation is 1. The Balaban J connectivity index is 1.91. The van der Waals surface area contributed by atoms with E-state index in [1.807, 2.05) is 23.1 Å². The lowest BCUT2D eigenvalue weighted by molar-refractivity contribution is 0.0985. The number of rotatable bonds is 2. The highest BCUT2D eigenvalue weighted by Crippen LogP contribution is 2.28. The highest BCUT2D eigenvalue weighted by molar-refractivity contribution is 7.84. The van der Waals surface area contributed by atoms with Gasteiger partial charge in [0.05, 0.1) is 0 Å². The van der Waals surface area contributed by atoms with Gasteiger partial charge >= 0.3 is 0 Å². The minimum absolute atomic E-state index is 0.00980. The highest BCUT2D eigenvalue weighted by Gasteiger charge is 2.23. The molecule has 0 radical (unpaired) electrons. The maximum absolute atomic E-state index is 12.7. The topological polar surface area (TPSA) is 37.4 Å². The standard InChI is InChI=1S/C17H17NO2S/c1-21(20)15-10-8-14(9-11-15)17(19)18-12-4-6-13-5-2-3-7-16(13)18/h2-3,5,7-11H,4,6,12H2,1H3. The number of hydrogen-bond acceptors (Lipinski definition) is 2. The molecule has 3 rings (SSSR count). The van der Waals surface area contributed by atoms with Crippen molar-refractivity contribution in [3.63, 3.8) is 0 Å². The van der Waals surface area contributed by atoms with Crippen molar-refractivity contribution in [2.24, 2.45) is 0 Å². The van der Waals surface area contributed by atoms with Crippen molar-refractivity contribution in [2.45, 2.75) is 17.7 Å². The summed E-state index contributed by atoms with van der Waals surface area (Å²) in [5, 5.41) is 0. The molecule has 108 valence electrons. The molecule has 0 aliphatic carbocycles. The summed E-state index contributed by atoms with van der Waals surface area (Å²) in [6.07, 6.45) is 3.64. The largest absolute Gasteiger partial charge is 0.308 e. The summed E-state index contributed by atoms with van der Waals surface area (Å²) in [4.78, 5) is 15.3. The number of carbonyl (C=O) groups excluding carboxylic acids is 1. The van der Waals surface area contributed by atoms with Crippen LogP contribution < -0.4 is 4.90 Å². The van der Waals surface area contributed by atoms with Crippen LogP contribution in [0.15, 0.2) is 53.4 Å². The van der Waals surface area contributed by atoms with Gasteiger partial charge in [0.25, 0.3) is 5.91 Å². The Hall–Kier alpha value is -1.94. The maximum atomic E-state index is 12.7. The second-order valence-electron chi connectivity index (χ2n) is 5.17. The molecule has 21 heavy (non-hydrogen) atoms. The van der Waals surface area contributed by atoms with Gasteiger partial charge < -0.3 is 4.90 Å². The monoisotopic (exact) mass is 299 g/mol. The van der Waals surface area contributed by atoms with Gasteiger partial charge in [-0.25, -0.2) is 0 Å². The minimum atomic E-state index is -1.02. The van der Waals surface area contributed by atoms with E-state index >= 15 is 0 Å². The van der Waals surface area contributed by atoms with Crippen molar-refractivity contribution < 1.29 is 9.00 Å². The number of carbonyl (C=O) groups is 1. The summed E-state index contributed by atoms with van der Waals surface area (Å²) in [6, 6.07) is 15.1. The minimum Gasteiger partial charge on any atom is -0.308 e. The van der Waals surface area contributed by atoms with E-state index in [2.05, 4.69) is 6.07 Å². The van der Waals surface area contributed by atoms with Crippen molar-refractivity contribution in [1.82, 2.24) is 0 Å². The lowest BCUT2D eigenvalue weighted by atomic mass is 10.0. The molecule has 0 fully saturated rings. The van der Waals surface area contributed by atoms with Gasteiger partial charge in [-0.15, -0.1) is 0 Å². The predicted octanol–water partition coefficient (Wildman–Crippen LogP) is 3.02. The van der Waals surface area contributed by atoms with Crippen LogP contribution in [-0.4, -0.2) is 22.9 Å². The Bertz CT molecular complexity index is 694. The Labute approximate surface area is 127 Å². The molecule has 1 atom stereocenters. The number of amides is 1. The fraction of sp³-hybridized carbons (Fsp3) is 0.235. The Morgan fingerprint density at radius 2 is 1.81 bits per heavy atom. The van der Waals surface area contributed by atoms with Gasteiger partial charge in [-0.2, -0.15) is 0 Å². The van der Waals surface area contributed by atoms with E-state index in [1.54, 1.807) is 30.5 Å². The van der Waals surface area contributed by atoms with Crippen LogP contribution in [0.4, 0.5) is 5.69 Å². The van der Waals surface area contributed by atoms with E-state index in [-0.39, 0.29) is 5.91 Å². The summed E-state index contributed by atoms with van der Waals surface area (Å²) in [5.74, 6) is 0.00980. The first kappa shape index (κ1) is 14.0. The van der Waals surface area contributed by atoms with Gasteiger partial charge in [-0.05, 0) is 48.7 Å². The normalized spacial score (nSPS) is 15.4. The van der Waals surface area contributed by atoms with Gasteiger partial charge in [0, 0.05) is 39.7 Å². The van der Waals surface area contributed by atoms with Crippen molar-refractivity contribution >= 4 is 22.4 Å². The molecule has 1 heterocycles. The summed E-state index contributed by atoms with van der Waals surface area (Å²) < 4.78 is 11.4. The average molecular weight is 299 g/mol. The molecule has 1 amide bonds. The molecule has 0 spiro atoms. The van der Waals surface area contributed by atoms with Gasteiger partial charge in [0.2, 0.25) is 0 Å². The molecule has 1 unspecified atom stereocenters. The molecule has 2 aromatic carbocycles.